The molecule has 0 spiro atoms. The molecule has 1 aromatic rings. The molecule has 0 unspecified atom stereocenters. The van der Waals surface area contributed by atoms with Gasteiger partial charge in [0.15, 0.2) is 0 Å². The normalized spacial score (nSPS) is 12.2. The Labute approximate surface area is 109 Å². The molecule has 0 aliphatic heterocycles. The molecule has 1 rings (SSSR count). The Bertz CT molecular complexity index is 451. The summed E-state index contributed by atoms with van der Waals surface area (Å²) < 4.78 is 0. The Morgan fingerprint density at radius 2 is 2.11 bits per heavy atom. The molecular formula is C11H14ClN3O3. The highest BCUT2D eigenvalue weighted by Crippen LogP contribution is 2.07. The summed E-state index contributed by atoms with van der Waals surface area (Å²) in [6, 6.07) is -0.946. The van der Waals surface area contributed by atoms with Gasteiger partial charge in [-0.2, -0.15) is 0 Å². The van der Waals surface area contributed by atoms with Crippen molar-refractivity contribution in [3.8, 4) is 0 Å². The van der Waals surface area contributed by atoms with E-state index in [0.29, 0.717) is 6.42 Å². The van der Waals surface area contributed by atoms with E-state index in [1.54, 1.807) is 0 Å². The lowest BCUT2D eigenvalue weighted by molar-refractivity contribution is -0.139. The predicted molar refractivity (Wildman–Crippen MR) is 65.4 cm³/mol. The number of carbonyl (C=O) groups is 2. The molecule has 98 valence electrons. The Kier molecular flexibility index (Phi) is 5.03. The van der Waals surface area contributed by atoms with E-state index < -0.39 is 17.9 Å². The monoisotopic (exact) mass is 271 g/mol. The largest absolute Gasteiger partial charge is 0.480 e. The standard InChI is InChI=1S/C11H14ClN3O3/c1-6(2)3-7(11(17)18)15-10(16)8-4-13-5-9(12)14-8/h4-7H,3H2,1-2H3,(H,15,16)(H,17,18)/t7-/m0/s1. The lowest BCUT2D eigenvalue weighted by Crippen LogP contribution is -2.42. The zero-order chi connectivity index (χ0) is 13.7. The fourth-order valence-corrected chi connectivity index (χ4v) is 1.52. The number of carboxylic acids is 1. The van der Waals surface area contributed by atoms with Gasteiger partial charge in [0.25, 0.3) is 5.91 Å². The van der Waals surface area contributed by atoms with Gasteiger partial charge in [-0.3, -0.25) is 9.78 Å². The van der Waals surface area contributed by atoms with Crippen LogP contribution in [0.25, 0.3) is 0 Å². The molecule has 0 aliphatic rings. The summed E-state index contributed by atoms with van der Waals surface area (Å²) in [7, 11) is 0. The number of hydrogen-bond donors (Lipinski definition) is 2. The van der Waals surface area contributed by atoms with Crippen LogP contribution in [0.15, 0.2) is 12.4 Å². The van der Waals surface area contributed by atoms with Crippen LogP contribution in [0.3, 0.4) is 0 Å². The number of aromatic nitrogens is 2. The lowest BCUT2D eigenvalue weighted by Gasteiger charge is -2.15. The SMILES string of the molecule is CC(C)C[C@H](NC(=O)c1cncc(Cl)n1)C(=O)O. The fourth-order valence-electron chi connectivity index (χ4n) is 1.38. The van der Waals surface area contributed by atoms with Crippen molar-refractivity contribution in [1.82, 2.24) is 15.3 Å². The highest BCUT2D eigenvalue weighted by molar-refractivity contribution is 6.29. The molecule has 7 heteroatoms. The van der Waals surface area contributed by atoms with Crippen molar-refractivity contribution in [3.05, 3.63) is 23.2 Å². The summed E-state index contributed by atoms with van der Waals surface area (Å²) in [5.74, 6) is -1.53. The van der Waals surface area contributed by atoms with Crippen LogP contribution in [0.5, 0.6) is 0 Å². The topological polar surface area (TPSA) is 92.2 Å². The molecule has 2 N–H and O–H groups in total. The van der Waals surface area contributed by atoms with Gasteiger partial charge in [-0.15, -0.1) is 0 Å². The summed E-state index contributed by atoms with van der Waals surface area (Å²) in [6.07, 6.45) is 2.87. The molecule has 0 aromatic carbocycles. The molecule has 1 heterocycles. The second-order valence-electron chi connectivity index (χ2n) is 4.22. The van der Waals surface area contributed by atoms with Crippen molar-refractivity contribution in [1.29, 1.82) is 0 Å². The fraction of sp³-hybridized carbons (Fsp3) is 0.455. The minimum Gasteiger partial charge on any atom is -0.480 e. The lowest BCUT2D eigenvalue weighted by atomic mass is 10.0. The molecule has 0 saturated heterocycles. The summed E-state index contributed by atoms with van der Waals surface area (Å²) in [4.78, 5) is 30.2. The average Bonchev–Trinajstić information content (AvgIpc) is 2.27. The van der Waals surface area contributed by atoms with Gasteiger partial charge in [0, 0.05) is 0 Å². The number of carboxylic acid groups (broad SMARTS) is 1. The maximum absolute atomic E-state index is 11.8. The highest BCUT2D eigenvalue weighted by Gasteiger charge is 2.22. The van der Waals surface area contributed by atoms with E-state index in [4.69, 9.17) is 16.7 Å². The Morgan fingerprint density at radius 1 is 1.44 bits per heavy atom. The number of hydrogen-bond acceptors (Lipinski definition) is 4. The number of halogens is 1. The van der Waals surface area contributed by atoms with Crippen molar-refractivity contribution in [2.75, 3.05) is 0 Å². The first-order valence-electron chi connectivity index (χ1n) is 5.41. The van der Waals surface area contributed by atoms with E-state index >= 15 is 0 Å². The summed E-state index contributed by atoms with van der Waals surface area (Å²) >= 11 is 5.60. The highest BCUT2D eigenvalue weighted by atomic mass is 35.5. The van der Waals surface area contributed by atoms with Gasteiger partial charge in [-0.1, -0.05) is 25.4 Å². The minimum absolute atomic E-state index is 0.00231. The zero-order valence-corrected chi connectivity index (χ0v) is 10.8. The Balaban J connectivity index is 2.75. The van der Waals surface area contributed by atoms with Crippen LogP contribution >= 0.6 is 11.6 Å². The average molecular weight is 272 g/mol. The minimum atomic E-state index is -1.08. The van der Waals surface area contributed by atoms with Crippen molar-refractivity contribution in [3.63, 3.8) is 0 Å². The van der Waals surface area contributed by atoms with Crippen LogP contribution < -0.4 is 5.32 Å². The van der Waals surface area contributed by atoms with Crippen LogP contribution in [0.1, 0.15) is 30.8 Å². The molecule has 0 saturated carbocycles. The molecule has 0 aliphatic carbocycles. The maximum Gasteiger partial charge on any atom is 0.326 e. The summed E-state index contributed by atoms with van der Waals surface area (Å²) in [5, 5.41) is 11.5. The van der Waals surface area contributed by atoms with Gasteiger partial charge in [0.2, 0.25) is 0 Å². The molecule has 0 radical (unpaired) electrons. The molecule has 1 amide bonds. The third kappa shape index (κ3) is 4.29. The van der Waals surface area contributed by atoms with E-state index in [9.17, 15) is 9.59 Å². The first kappa shape index (κ1) is 14.4. The molecular weight excluding hydrogens is 258 g/mol. The van der Waals surface area contributed by atoms with E-state index in [2.05, 4.69) is 15.3 Å². The Morgan fingerprint density at radius 3 is 2.61 bits per heavy atom. The predicted octanol–water partition coefficient (Wildman–Crippen LogP) is 1.36. The third-order valence-corrected chi connectivity index (χ3v) is 2.33. The smallest absolute Gasteiger partial charge is 0.326 e. The van der Waals surface area contributed by atoms with E-state index in [1.807, 2.05) is 13.8 Å². The van der Waals surface area contributed by atoms with Crippen LogP contribution in [0.2, 0.25) is 5.15 Å². The number of nitrogens with zero attached hydrogens (tertiary/aromatic N) is 2. The van der Waals surface area contributed by atoms with Gasteiger partial charge >= 0.3 is 5.97 Å². The van der Waals surface area contributed by atoms with Crippen LogP contribution in [0, 0.1) is 5.92 Å². The molecule has 18 heavy (non-hydrogen) atoms. The Hall–Kier alpha value is -1.69. The number of rotatable bonds is 5. The van der Waals surface area contributed by atoms with E-state index in [1.165, 1.54) is 12.4 Å². The maximum atomic E-state index is 11.8. The van der Waals surface area contributed by atoms with Crippen molar-refractivity contribution in [2.45, 2.75) is 26.3 Å². The molecule has 0 fully saturated rings. The number of carbonyl (C=O) groups excluding carboxylic acids is 1. The van der Waals surface area contributed by atoms with Crippen molar-refractivity contribution < 1.29 is 14.7 Å². The first-order chi connectivity index (χ1) is 8.40. The van der Waals surface area contributed by atoms with Gasteiger partial charge in [-0.25, -0.2) is 9.78 Å². The second-order valence-corrected chi connectivity index (χ2v) is 4.61. The van der Waals surface area contributed by atoms with E-state index in [-0.39, 0.29) is 16.8 Å². The van der Waals surface area contributed by atoms with Crippen LogP contribution in [-0.2, 0) is 4.79 Å². The van der Waals surface area contributed by atoms with Gasteiger partial charge in [-0.05, 0) is 12.3 Å². The van der Waals surface area contributed by atoms with Crippen molar-refractivity contribution >= 4 is 23.5 Å². The van der Waals surface area contributed by atoms with E-state index in [0.717, 1.165) is 0 Å². The number of nitrogens with one attached hydrogen (secondary N) is 1. The summed E-state index contributed by atoms with van der Waals surface area (Å²) in [5.41, 5.74) is -0.00231. The second kappa shape index (κ2) is 6.30. The van der Waals surface area contributed by atoms with Gasteiger partial charge in [0.05, 0.1) is 12.4 Å². The molecule has 0 bridgehead atoms. The quantitative estimate of drug-likeness (QED) is 0.843. The summed E-state index contributed by atoms with van der Waals surface area (Å²) in [6.45, 7) is 3.75. The first-order valence-corrected chi connectivity index (χ1v) is 5.79. The van der Waals surface area contributed by atoms with Gasteiger partial charge < -0.3 is 10.4 Å². The van der Waals surface area contributed by atoms with Crippen molar-refractivity contribution in [2.24, 2.45) is 5.92 Å². The zero-order valence-electron chi connectivity index (χ0n) is 10.1. The molecule has 6 nitrogen and oxygen atoms in total. The van der Waals surface area contributed by atoms with Crippen LogP contribution in [-0.4, -0.2) is 33.0 Å². The molecule has 1 aromatic heterocycles. The number of aliphatic carboxylic acids is 1. The number of amides is 1. The van der Waals surface area contributed by atoms with Gasteiger partial charge in [0.1, 0.15) is 16.9 Å². The van der Waals surface area contributed by atoms with Crippen LogP contribution in [0.4, 0.5) is 0 Å². The molecule has 1 atom stereocenters. The third-order valence-electron chi connectivity index (χ3n) is 2.15.